The van der Waals surface area contributed by atoms with Crippen molar-refractivity contribution in [1.29, 1.82) is 0 Å². The molecule has 1 atom stereocenters. The van der Waals surface area contributed by atoms with Gasteiger partial charge in [0.2, 0.25) is 0 Å². The van der Waals surface area contributed by atoms with Gasteiger partial charge in [-0.05, 0) is 17.7 Å². The summed E-state index contributed by atoms with van der Waals surface area (Å²) in [5.41, 5.74) is 0.274. The lowest BCUT2D eigenvalue weighted by Gasteiger charge is -2.09. The minimum atomic E-state index is -3.26. The molecule has 3 nitrogen and oxygen atoms in total. The summed E-state index contributed by atoms with van der Waals surface area (Å²) in [6.45, 7) is 0. The van der Waals surface area contributed by atoms with Crippen LogP contribution in [0.2, 0.25) is 0 Å². The largest absolute Gasteiger partial charge is 0.387 e. The number of sulfone groups is 1. The molecule has 5 heteroatoms. The van der Waals surface area contributed by atoms with Crippen molar-refractivity contribution in [3.8, 4) is 0 Å². The zero-order valence-corrected chi connectivity index (χ0v) is 8.46. The first-order chi connectivity index (χ1) is 6.38. The zero-order valence-electron chi connectivity index (χ0n) is 7.64. The first kappa shape index (κ1) is 11.1. The molecule has 0 radical (unpaired) electrons. The van der Waals surface area contributed by atoms with Gasteiger partial charge in [-0.25, -0.2) is 12.8 Å². The van der Waals surface area contributed by atoms with Gasteiger partial charge in [0.15, 0.2) is 0 Å². The van der Waals surface area contributed by atoms with E-state index in [4.69, 9.17) is 0 Å². The van der Waals surface area contributed by atoms with E-state index in [0.29, 0.717) is 0 Å². The molecule has 1 unspecified atom stereocenters. The predicted octanol–water partition coefficient (Wildman–Crippen LogP) is 0.904. The van der Waals surface area contributed by atoms with Gasteiger partial charge in [-0.3, -0.25) is 0 Å². The second-order valence-corrected chi connectivity index (χ2v) is 5.35. The summed E-state index contributed by atoms with van der Waals surface area (Å²) in [6, 6.07) is 5.27. The van der Waals surface area contributed by atoms with Crippen molar-refractivity contribution in [2.24, 2.45) is 0 Å². The number of aliphatic hydroxyl groups excluding tert-OH is 1. The molecule has 0 heterocycles. The molecule has 0 saturated carbocycles. The molecule has 0 aliphatic rings. The van der Waals surface area contributed by atoms with Crippen LogP contribution in [0.1, 0.15) is 11.7 Å². The van der Waals surface area contributed by atoms with E-state index in [-0.39, 0.29) is 5.56 Å². The van der Waals surface area contributed by atoms with E-state index in [1.807, 2.05) is 0 Å². The smallest absolute Gasteiger partial charge is 0.150 e. The van der Waals surface area contributed by atoms with E-state index < -0.39 is 27.5 Å². The van der Waals surface area contributed by atoms with Crippen LogP contribution in [0.25, 0.3) is 0 Å². The molecule has 0 spiro atoms. The molecule has 14 heavy (non-hydrogen) atoms. The summed E-state index contributed by atoms with van der Waals surface area (Å²) in [5, 5.41) is 9.43. The highest BCUT2D eigenvalue weighted by Gasteiger charge is 2.14. The number of hydrogen-bond acceptors (Lipinski definition) is 3. The van der Waals surface area contributed by atoms with E-state index in [1.54, 1.807) is 0 Å². The highest BCUT2D eigenvalue weighted by molar-refractivity contribution is 7.90. The maximum Gasteiger partial charge on any atom is 0.150 e. The summed E-state index contributed by atoms with van der Waals surface area (Å²) < 4.78 is 34.4. The predicted molar refractivity (Wildman–Crippen MR) is 51.1 cm³/mol. The Kier molecular flexibility index (Phi) is 3.23. The third-order valence-corrected chi connectivity index (χ3v) is 2.62. The number of hydrogen-bond donors (Lipinski definition) is 1. The van der Waals surface area contributed by atoms with Gasteiger partial charge in [-0.2, -0.15) is 0 Å². The summed E-state index contributed by atoms with van der Waals surface area (Å²) >= 11 is 0. The molecular weight excluding hydrogens is 207 g/mol. The van der Waals surface area contributed by atoms with Crippen LogP contribution in [0.5, 0.6) is 0 Å². The van der Waals surface area contributed by atoms with Crippen LogP contribution in [-0.2, 0) is 9.84 Å². The molecule has 78 valence electrons. The lowest BCUT2D eigenvalue weighted by Crippen LogP contribution is -2.12. The number of benzene rings is 1. The van der Waals surface area contributed by atoms with Gasteiger partial charge in [0, 0.05) is 6.26 Å². The Hall–Kier alpha value is -0.940. The molecule has 0 bridgehead atoms. The maximum absolute atomic E-state index is 12.7. The van der Waals surface area contributed by atoms with Crippen molar-refractivity contribution in [1.82, 2.24) is 0 Å². The molecule has 0 aliphatic heterocycles. The average molecular weight is 218 g/mol. The molecule has 0 fully saturated rings. The van der Waals surface area contributed by atoms with Crippen LogP contribution in [0.15, 0.2) is 24.3 Å². The highest BCUT2D eigenvalue weighted by Crippen LogP contribution is 2.15. The number of rotatable bonds is 3. The normalized spacial score (nSPS) is 13.9. The standard InChI is InChI=1S/C9H11FO3S/c1-14(12,13)6-9(11)7-3-2-4-8(10)5-7/h2-5,9,11H,6H2,1H3. The Labute approximate surface area is 82.1 Å². The van der Waals surface area contributed by atoms with Crippen LogP contribution in [0, 0.1) is 5.82 Å². The van der Waals surface area contributed by atoms with Crippen molar-refractivity contribution in [2.75, 3.05) is 12.0 Å². The van der Waals surface area contributed by atoms with Crippen LogP contribution in [0.3, 0.4) is 0 Å². The lowest BCUT2D eigenvalue weighted by molar-refractivity contribution is 0.201. The Morgan fingerprint density at radius 1 is 1.50 bits per heavy atom. The van der Waals surface area contributed by atoms with E-state index in [1.165, 1.54) is 18.2 Å². The Balaban J connectivity index is 2.85. The SMILES string of the molecule is CS(=O)(=O)CC(O)c1cccc(F)c1. The van der Waals surface area contributed by atoms with Crippen LogP contribution in [-0.4, -0.2) is 25.5 Å². The molecule has 1 rings (SSSR count). The minimum absolute atomic E-state index is 0.274. The average Bonchev–Trinajstić information content (AvgIpc) is 2.01. The summed E-state index contributed by atoms with van der Waals surface area (Å²) in [6.07, 6.45) is -0.143. The van der Waals surface area contributed by atoms with E-state index in [2.05, 4.69) is 0 Å². The fourth-order valence-electron chi connectivity index (χ4n) is 1.10. The fraction of sp³-hybridized carbons (Fsp3) is 0.333. The molecular formula is C9H11FO3S. The van der Waals surface area contributed by atoms with Crippen molar-refractivity contribution in [2.45, 2.75) is 6.10 Å². The molecule has 0 aliphatic carbocycles. The van der Waals surface area contributed by atoms with Gasteiger partial charge in [0.25, 0.3) is 0 Å². The fourth-order valence-corrected chi connectivity index (χ4v) is 1.86. The second-order valence-electron chi connectivity index (χ2n) is 3.16. The number of aliphatic hydroxyl groups is 1. The van der Waals surface area contributed by atoms with Gasteiger partial charge in [-0.1, -0.05) is 12.1 Å². The van der Waals surface area contributed by atoms with Crippen molar-refractivity contribution in [3.63, 3.8) is 0 Å². The monoisotopic (exact) mass is 218 g/mol. The molecule has 1 N–H and O–H groups in total. The van der Waals surface area contributed by atoms with Gasteiger partial charge in [-0.15, -0.1) is 0 Å². The van der Waals surface area contributed by atoms with Gasteiger partial charge in [0.1, 0.15) is 15.7 Å². The Bertz CT molecular complexity index is 414. The first-order valence-electron chi connectivity index (χ1n) is 4.00. The van der Waals surface area contributed by atoms with Crippen molar-refractivity contribution in [3.05, 3.63) is 35.6 Å². The van der Waals surface area contributed by atoms with Gasteiger partial charge < -0.3 is 5.11 Å². The first-order valence-corrected chi connectivity index (χ1v) is 6.06. The summed E-state index contributed by atoms with van der Waals surface area (Å²) in [4.78, 5) is 0. The lowest BCUT2D eigenvalue weighted by atomic mass is 10.1. The Morgan fingerprint density at radius 2 is 2.14 bits per heavy atom. The topological polar surface area (TPSA) is 54.4 Å². The van der Waals surface area contributed by atoms with Crippen molar-refractivity contribution < 1.29 is 17.9 Å². The summed E-state index contributed by atoms with van der Waals surface area (Å²) in [7, 11) is -3.26. The van der Waals surface area contributed by atoms with Crippen LogP contribution in [0.4, 0.5) is 4.39 Å². The zero-order chi connectivity index (χ0) is 10.8. The van der Waals surface area contributed by atoms with Gasteiger partial charge >= 0.3 is 0 Å². The molecule has 1 aromatic rings. The highest BCUT2D eigenvalue weighted by atomic mass is 32.2. The van der Waals surface area contributed by atoms with Crippen molar-refractivity contribution >= 4 is 9.84 Å². The van der Waals surface area contributed by atoms with Crippen LogP contribution < -0.4 is 0 Å². The van der Waals surface area contributed by atoms with E-state index in [9.17, 15) is 17.9 Å². The quantitative estimate of drug-likeness (QED) is 0.820. The maximum atomic E-state index is 12.7. The minimum Gasteiger partial charge on any atom is -0.387 e. The molecule has 0 amide bonds. The second kappa shape index (κ2) is 4.06. The number of halogens is 1. The molecule has 0 aromatic heterocycles. The van der Waals surface area contributed by atoms with E-state index >= 15 is 0 Å². The van der Waals surface area contributed by atoms with E-state index in [0.717, 1.165) is 12.3 Å². The Morgan fingerprint density at radius 3 is 2.64 bits per heavy atom. The summed E-state index contributed by atoms with van der Waals surface area (Å²) in [5.74, 6) is -0.883. The molecule has 0 saturated heterocycles. The van der Waals surface area contributed by atoms with Gasteiger partial charge in [0.05, 0.1) is 11.9 Å². The third kappa shape index (κ3) is 3.43. The molecule has 1 aromatic carbocycles. The third-order valence-electron chi connectivity index (χ3n) is 1.69. The van der Waals surface area contributed by atoms with Crippen LogP contribution >= 0.6 is 0 Å².